The monoisotopic (exact) mass is 382 g/mol. The molecule has 0 radical (unpaired) electrons. The van der Waals surface area contributed by atoms with Crippen LogP contribution in [-0.2, 0) is 24.1 Å². The van der Waals surface area contributed by atoms with Crippen LogP contribution in [0.2, 0.25) is 0 Å². The number of fused-ring (bicyclic) bond motifs is 1. The second kappa shape index (κ2) is 7.72. The van der Waals surface area contributed by atoms with E-state index < -0.39 is 0 Å². The highest BCUT2D eigenvalue weighted by atomic mass is 32.1. The normalized spacial score (nSPS) is 14.7. The Labute approximate surface area is 162 Å². The number of thiazole rings is 1. The van der Waals surface area contributed by atoms with Crippen molar-refractivity contribution in [3.63, 3.8) is 0 Å². The highest BCUT2D eigenvalue weighted by Gasteiger charge is 2.15. The van der Waals surface area contributed by atoms with E-state index in [4.69, 9.17) is 0 Å². The Morgan fingerprint density at radius 1 is 1.19 bits per heavy atom. The van der Waals surface area contributed by atoms with Crippen LogP contribution in [0, 0.1) is 0 Å². The van der Waals surface area contributed by atoms with Crippen LogP contribution in [-0.4, -0.2) is 10.9 Å². The van der Waals surface area contributed by atoms with E-state index in [1.54, 1.807) is 22.7 Å². The molecule has 5 heteroatoms. The maximum atomic E-state index is 12.4. The van der Waals surface area contributed by atoms with Gasteiger partial charge in [0, 0.05) is 5.38 Å². The summed E-state index contributed by atoms with van der Waals surface area (Å²) in [5.41, 5.74) is 4.96. The number of benzene rings is 1. The fourth-order valence-electron chi connectivity index (χ4n) is 3.46. The predicted octanol–water partition coefficient (Wildman–Crippen LogP) is 5.17. The molecule has 26 heavy (non-hydrogen) atoms. The molecule has 3 nitrogen and oxygen atoms in total. The van der Waals surface area contributed by atoms with Crippen molar-refractivity contribution in [2.24, 2.45) is 0 Å². The van der Waals surface area contributed by atoms with E-state index in [0.29, 0.717) is 6.42 Å². The number of rotatable bonds is 5. The van der Waals surface area contributed by atoms with Crippen LogP contribution in [0.3, 0.4) is 0 Å². The van der Waals surface area contributed by atoms with Gasteiger partial charge in [0.05, 0.1) is 23.0 Å². The molecular formula is C21H22N2OS2. The van der Waals surface area contributed by atoms with Crippen LogP contribution in [0.4, 0.5) is 0 Å². The van der Waals surface area contributed by atoms with E-state index in [-0.39, 0.29) is 11.9 Å². The Balaban J connectivity index is 1.38. The van der Waals surface area contributed by atoms with Crippen LogP contribution >= 0.6 is 22.7 Å². The molecule has 1 amide bonds. The molecule has 0 saturated carbocycles. The number of hydrogen-bond donors (Lipinski definition) is 1. The Bertz CT molecular complexity index is 899. The van der Waals surface area contributed by atoms with E-state index >= 15 is 0 Å². The molecule has 4 rings (SSSR count). The zero-order valence-corrected chi connectivity index (χ0v) is 16.5. The van der Waals surface area contributed by atoms with Crippen LogP contribution in [0.5, 0.6) is 0 Å². The van der Waals surface area contributed by atoms with Crippen molar-refractivity contribution in [3.05, 3.63) is 63.5 Å². The van der Waals surface area contributed by atoms with Gasteiger partial charge in [-0.3, -0.25) is 4.79 Å². The van der Waals surface area contributed by atoms with Gasteiger partial charge in [-0.25, -0.2) is 4.98 Å². The number of aryl methyl sites for hydroxylation is 2. The average molecular weight is 383 g/mol. The first-order chi connectivity index (χ1) is 12.7. The third-order valence-electron chi connectivity index (χ3n) is 4.88. The average Bonchev–Trinajstić information content (AvgIpc) is 3.32. The second-order valence-electron chi connectivity index (χ2n) is 6.82. The number of carbonyl (C=O) groups excluding carboxylic acids is 1. The Hall–Kier alpha value is -1.98. The number of nitrogens with one attached hydrogen (secondary N) is 1. The molecule has 134 valence electrons. The molecule has 1 aliphatic carbocycles. The standard InChI is InChI=1S/C21H22N2OS2/c1-14(16-9-8-15-5-2-3-6-17(15)11-16)22-20(24)12-18-13-26-21(23-18)19-7-4-10-25-19/h4,7-11,13-14H,2-3,5-6,12H2,1H3,(H,22,24). The van der Waals surface area contributed by atoms with Gasteiger partial charge < -0.3 is 5.32 Å². The zero-order valence-electron chi connectivity index (χ0n) is 14.8. The number of amides is 1. The third-order valence-corrected chi connectivity index (χ3v) is 6.81. The summed E-state index contributed by atoms with van der Waals surface area (Å²) in [6.07, 6.45) is 5.24. The molecule has 0 spiro atoms. The molecule has 0 fully saturated rings. The molecule has 1 aliphatic rings. The summed E-state index contributed by atoms with van der Waals surface area (Å²) in [6, 6.07) is 10.8. The topological polar surface area (TPSA) is 42.0 Å². The first-order valence-electron chi connectivity index (χ1n) is 9.08. The van der Waals surface area contributed by atoms with Crippen LogP contribution in [0.1, 0.15) is 48.2 Å². The van der Waals surface area contributed by atoms with Crippen molar-refractivity contribution < 1.29 is 4.79 Å². The van der Waals surface area contributed by atoms with Gasteiger partial charge in [-0.05, 0) is 60.7 Å². The lowest BCUT2D eigenvalue weighted by molar-refractivity contribution is -0.121. The molecule has 2 heterocycles. The van der Waals surface area contributed by atoms with Crippen molar-refractivity contribution in [2.75, 3.05) is 0 Å². The highest BCUT2D eigenvalue weighted by molar-refractivity contribution is 7.20. The Kier molecular flexibility index (Phi) is 5.18. The van der Waals surface area contributed by atoms with E-state index in [2.05, 4.69) is 41.5 Å². The van der Waals surface area contributed by atoms with Crippen molar-refractivity contribution in [3.8, 4) is 9.88 Å². The molecular weight excluding hydrogens is 360 g/mol. The second-order valence-corrected chi connectivity index (χ2v) is 8.63. The lowest BCUT2D eigenvalue weighted by Gasteiger charge is -2.20. The minimum atomic E-state index is 0.0186. The summed E-state index contributed by atoms with van der Waals surface area (Å²) in [7, 11) is 0. The van der Waals surface area contributed by atoms with Gasteiger partial charge in [-0.1, -0.05) is 24.3 Å². The zero-order chi connectivity index (χ0) is 17.9. The molecule has 0 saturated heterocycles. The van der Waals surface area contributed by atoms with Gasteiger partial charge in [0.15, 0.2) is 0 Å². The smallest absolute Gasteiger partial charge is 0.226 e. The van der Waals surface area contributed by atoms with Crippen molar-refractivity contribution in [1.82, 2.24) is 10.3 Å². The number of aromatic nitrogens is 1. The maximum absolute atomic E-state index is 12.4. The number of nitrogens with zero attached hydrogens (tertiary/aromatic N) is 1. The summed E-state index contributed by atoms with van der Waals surface area (Å²) >= 11 is 3.27. The third kappa shape index (κ3) is 3.89. The fourth-order valence-corrected chi connectivity index (χ4v) is 5.10. The largest absolute Gasteiger partial charge is 0.349 e. The van der Waals surface area contributed by atoms with Gasteiger partial charge in [-0.15, -0.1) is 22.7 Å². The van der Waals surface area contributed by atoms with Crippen molar-refractivity contribution in [1.29, 1.82) is 0 Å². The number of hydrogen-bond acceptors (Lipinski definition) is 4. The molecule has 1 unspecified atom stereocenters. The molecule has 0 aliphatic heterocycles. The molecule has 0 bridgehead atoms. The maximum Gasteiger partial charge on any atom is 0.226 e. The van der Waals surface area contributed by atoms with Crippen molar-refractivity contribution in [2.45, 2.75) is 45.1 Å². The van der Waals surface area contributed by atoms with Gasteiger partial charge in [0.25, 0.3) is 0 Å². The molecule has 2 aromatic heterocycles. The minimum absolute atomic E-state index is 0.0186. The van der Waals surface area contributed by atoms with E-state index in [1.807, 2.05) is 16.8 Å². The Morgan fingerprint density at radius 3 is 2.85 bits per heavy atom. The van der Waals surface area contributed by atoms with Gasteiger partial charge in [0.2, 0.25) is 5.91 Å². The van der Waals surface area contributed by atoms with Gasteiger partial charge in [-0.2, -0.15) is 0 Å². The van der Waals surface area contributed by atoms with E-state index in [9.17, 15) is 4.79 Å². The SMILES string of the molecule is CC(NC(=O)Cc1csc(-c2cccs2)n1)c1ccc2c(c1)CCCC2. The highest BCUT2D eigenvalue weighted by Crippen LogP contribution is 2.28. The first kappa shape index (κ1) is 17.4. The van der Waals surface area contributed by atoms with Crippen LogP contribution in [0.15, 0.2) is 41.1 Å². The number of carbonyl (C=O) groups is 1. The quantitative estimate of drug-likeness (QED) is 0.661. The number of thiophene rings is 1. The summed E-state index contributed by atoms with van der Waals surface area (Å²) in [4.78, 5) is 18.2. The lowest BCUT2D eigenvalue weighted by Crippen LogP contribution is -2.28. The molecule has 1 aromatic carbocycles. The minimum Gasteiger partial charge on any atom is -0.349 e. The van der Waals surface area contributed by atoms with Gasteiger partial charge >= 0.3 is 0 Å². The molecule has 3 aromatic rings. The summed E-state index contributed by atoms with van der Waals surface area (Å²) in [5, 5.41) is 8.14. The first-order valence-corrected chi connectivity index (χ1v) is 10.8. The summed E-state index contributed by atoms with van der Waals surface area (Å²) in [5.74, 6) is 0.0262. The van der Waals surface area contributed by atoms with Crippen molar-refractivity contribution >= 4 is 28.6 Å². The lowest BCUT2D eigenvalue weighted by atomic mass is 9.89. The molecule has 1 N–H and O–H groups in total. The predicted molar refractivity (Wildman–Crippen MR) is 109 cm³/mol. The van der Waals surface area contributed by atoms with Crippen LogP contribution in [0.25, 0.3) is 9.88 Å². The van der Waals surface area contributed by atoms with Crippen LogP contribution < -0.4 is 5.32 Å². The van der Waals surface area contributed by atoms with E-state index in [0.717, 1.165) is 22.0 Å². The summed E-state index contributed by atoms with van der Waals surface area (Å²) < 4.78 is 0. The fraction of sp³-hybridized carbons (Fsp3) is 0.333. The molecule has 1 atom stereocenters. The Morgan fingerprint density at radius 2 is 2.04 bits per heavy atom. The summed E-state index contributed by atoms with van der Waals surface area (Å²) in [6.45, 7) is 2.06. The van der Waals surface area contributed by atoms with E-state index in [1.165, 1.54) is 36.0 Å². The van der Waals surface area contributed by atoms with Gasteiger partial charge in [0.1, 0.15) is 5.01 Å².